The Labute approximate surface area is 125 Å². The molecule has 0 bridgehead atoms. The number of ether oxygens (including phenoxy) is 1. The second-order valence-corrected chi connectivity index (χ2v) is 6.79. The highest BCUT2D eigenvalue weighted by molar-refractivity contribution is 5.57. The van der Waals surface area contributed by atoms with Gasteiger partial charge in [-0.1, -0.05) is 20.8 Å². The zero-order chi connectivity index (χ0) is 15.2. The van der Waals surface area contributed by atoms with Crippen LogP contribution < -0.4 is 4.90 Å². The minimum atomic E-state index is 0.0256. The molecule has 3 rings (SSSR count). The molecule has 0 N–H and O–H groups in total. The lowest BCUT2D eigenvalue weighted by Gasteiger charge is -2.30. The number of aromatic nitrogens is 3. The van der Waals surface area contributed by atoms with Crippen LogP contribution in [0.3, 0.4) is 0 Å². The second kappa shape index (κ2) is 4.98. The minimum absolute atomic E-state index is 0.0256. The largest absolute Gasteiger partial charge is 0.378 e. The molecule has 114 valence electrons. The van der Waals surface area contributed by atoms with Crippen molar-refractivity contribution in [2.75, 3.05) is 31.2 Å². The van der Waals surface area contributed by atoms with Crippen LogP contribution in [-0.2, 0) is 10.2 Å². The third-order valence-corrected chi connectivity index (χ3v) is 4.13. The lowest BCUT2D eigenvalue weighted by Crippen LogP contribution is -2.38. The monoisotopic (exact) mass is 288 g/mol. The molecule has 0 saturated carbocycles. The van der Waals surface area contributed by atoms with E-state index in [4.69, 9.17) is 14.8 Å². The maximum Gasteiger partial charge on any atom is 0.157 e. The molecule has 5 nitrogen and oxygen atoms in total. The first-order valence-corrected chi connectivity index (χ1v) is 7.58. The average Bonchev–Trinajstić information content (AvgIpc) is 2.84. The van der Waals surface area contributed by atoms with Gasteiger partial charge in [-0.25, -0.2) is 4.98 Å². The summed E-state index contributed by atoms with van der Waals surface area (Å²) in [6.07, 6.45) is 0. The Morgan fingerprint density at radius 2 is 1.81 bits per heavy atom. The lowest BCUT2D eigenvalue weighted by molar-refractivity contribution is 0.122. The van der Waals surface area contributed by atoms with E-state index in [1.54, 1.807) is 0 Å². The summed E-state index contributed by atoms with van der Waals surface area (Å²) >= 11 is 0. The first kappa shape index (κ1) is 14.3. The molecule has 0 amide bonds. The van der Waals surface area contributed by atoms with Crippen LogP contribution in [-0.4, -0.2) is 40.9 Å². The van der Waals surface area contributed by atoms with Gasteiger partial charge in [-0.3, -0.25) is 0 Å². The van der Waals surface area contributed by atoms with Gasteiger partial charge in [-0.15, -0.1) is 0 Å². The predicted octanol–water partition coefficient (Wildman–Crippen LogP) is 2.48. The van der Waals surface area contributed by atoms with Crippen molar-refractivity contribution in [1.82, 2.24) is 14.6 Å². The van der Waals surface area contributed by atoms with Gasteiger partial charge in [0.05, 0.1) is 18.9 Å². The fraction of sp³-hybridized carbons (Fsp3) is 0.625. The maximum atomic E-state index is 5.48. The zero-order valence-corrected chi connectivity index (χ0v) is 13.6. The summed E-state index contributed by atoms with van der Waals surface area (Å²) in [6, 6.07) is 2.11. The van der Waals surface area contributed by atoms with Crippen LogP contribution in [0.15, 0.2) is 6.07 Å². The van der Waals surface area contributed by atoms with Crippen molar-refractivity contribution in [2.45, 2.75) is 40.0 Å². The van der Waals surface area contributed by atoms with E-state index in [0.29, 0.717) is 0 Å². The lowest BCUT2D eigenvalue weighted by atomic mass is 9.93. The SMILES string of the molecule is Cc1nc2cc(C(C)(C)C)nn2c(N2CCOCC2)c1C. The normalized spacial score (nSPS) is 16.7. The van der Waals surface area contributed by atoms with Gasteiger partial charge in [0.1, 0.15) is 5.82 Å². The average molecular weight is 288 g/mol. The number of hydrogen-bond acceptors (Lipinski definition) is 4. The highest BCUT2D eigenvalue weighted by Crippen LogP contribution is 2.28. The van der Waals surface area contributed by atoms with E-state index < -0.39 is 0 Å². The number of aryl methyl sites for hydroxylation is 1. The summed E-state index contributed by atoms with van der Waals surface area (Å²) in [5, 5.41) is 4.83. The van der Waals surface area contributed by atoms with Gasteiger partial charge >= 0.3 is 0 Å². The van der Waals surface area contributed by atoms with Gasteiger partial charge in [0.15, 0.2) is 5.65 Å². The number of anilines is 1. The molecule has 5 heteroatoms. The molecular weight excluding hydrogens is 264 g/mol. The molecule has 21 heavy (non-hydrogen) atoms. The Balaban J connectivity index is 2.20. The molecule has 0 aliphatic carbocycles. The van der Waals surface area contributed by atoms with E-state index >= 15 is 0 Å². The van der Waals surface area contributed by atoms with Crippen molar-refractivity contribution in [3.63, 3.8) is 0 Å². The predicted molar refractivity (Wildman–Crippen MR) is 84.2 cm³/mol. The molecule has 1 saturated heterocycles. The highest BCUT2D eigenvalue weighted by atomic mass is 16.5. The Kier molecular flexibility index (Phi) is 3.40. The minimum Gasteiger partial charge on any atom is -0.378 e. The Morgan fingerprint density at radius 3 is 2.43 bits per heavy atom. The molecule has 1 fully saturated rings. The number of rotatable bonds is 1. The molecule has 2 aromatic heterocycles. The number of nitrogens with zero attached hydrogens (tertiary/aromatic N) is 4. The summed E-state index contributed by atoms with van der Waals surface area (Å²) in [5.74, 6) is 1.16. The van der Waals surface area contributed by atoms with E-state index in [1.165, 1.54) is 5.56 Å². The highest BCUT2D eigenvalue weighted by Gasteiger charge is 2.23. The fourth-order valence-electron chi connectivity index (χ4n) is 2.70. The molecule has 3 heterocycles. The third kappa shape index (κ3) is 2.50. The van der Waals surface area contributed by atoms with E-state index in [2.05, 4.69) is 45.6 Å². The van der Waals surface area contributed by atoms with Crippen molar-refractivity contribution in [1.29, 1.82) is 0 Å². The van der Waals surface area contributed by atoms with Crippen LogP contribution >= 0.6 is 0 Å². The molecule has 1 aliphatic heterocycles. The number of hydrogen-bond donors (Lipinski definition) is 0. The quantitative estimate of drug-likeness (QED) is 0.808. The molecule has 0 spiro atoms. The summed E-state index contributed by atoms with van der Waals surface area (Å²) in [6.45, 7) is 14.1. The van der Waals surface area contributed by atoms with Gasteiger partial charge < -0.3 is 9.64 Å². The van der Waals surface area contributed by atoms with E-state index in [-0.39, 0.29) is 5.41 Å². The molecule has 1 aliphatic rings. The Bertz CT molecular complexity index is 663. The van der Waals surface area contributed by atoms with Crippen molar-refractivity contribution >= 4 is 11.5 Å². The van der Waals surface area contributed by atoms with Gasteiger partial charge in [-0.05, 0) is 13.8 Å². The Morgan fingerprint density at radius 1 is 1.14 bits per heavy atom. The summed E-state index contributed by atoms with van der Waals surface area (Å²) < 4.78 is 7.48. The second-order valence-electron chi connectivity index (χ2n) is 6.79. The van der Waals surface area contributed by atoms with Crippen LogP contribution in [0.2, 0.25) is 0 Å². The van der Waals surface area contributed by atoms with Crippen LogP contribution in [0.4, 0.5) is 5.82 Å². The van der Waals surface area contributed by atoms with Crippen LogP contribution in [0, 0.1) is 13.8 Å². The van der Waals surface area contributed by atoms with Crippen molar-refractivity contribution in [3.8, 4) is 0 Å². The molecular formula is C16H24N4O. The molecule has 0 unspecified atom stereocenters. The summed E-state index contributed by atoms with van der Waals surface area (Å²) in [4.78, 5) is 7.07. The van der Waals surface area contributed by atoms with E-state index in [1.807, 2.05) is 4.52 Å². The van der Waals surface area contributed by atoms with Crippen LogP contribution in [0.1, 0.15) is 37.7 Å². The molecule has 0 aromatic carbocycles. The molecule has 0 atom stereocenters. The molecule has 2 aromatic rings. The van der Waals surface area contributed by atoms with Crippen molar-refractivity contribution in [2.24, 2.45) is 0 Å². The topological polar surface area (TPSA) is 42.7 Å². The smallest absolute Gasteiger partial charge is 0.157 e. The van der Waals surface area contributed by atoms with E-state index in [0.717, 1.165) is 49.2 Å². The standard InChI is InChI=1S/C16H24N4O/c1-11-12(2)17-14-10-13(16(3,4)5)18-20(14)15(11)19-6-8-21-9-7-19/h10H,6-9H2,1-5H3. The third-order valence-electron chi connectivity index (χ3n) is 4.13. The zero-order valence-electron chi connectivity index (χ0n) is 13.6. The number of morpholine rings is 1. The fourth-order valence-corrected chi connectivity index (χ4v) is 2.70. The van der Waals surface area contributed by atoms with Crippen LogP contribution in [0.25, 0.3) is 5.65 Å². The molecule has 0 radical (unpaired) electrons. The van der Waals surface area contributed by atoms with Gasteiger partial charge in [0.2, 0.25) is 0 Å². The van der Waals surface area contributed by atoms with E-state index in [9.17, 15) is 0 Å². The summed E-state index contributed by atoms with van der Waals surface area (Å²) in [7, 11) is 0. The Hall–Kier alpha value is -1.62. The number of fused-ring (bicyclic) bond motifs is 1. The van der Waals surface area contributed by atoms with Gasteiger partial charge in [-0.2, -0.15) is 9.61 Å². The first-order valence-electron chi connectivity index (χ1n) is 7.58. The first-order chi connectivity index (χ1) is 9.88. The van der Waals surface area contributed by atoms with Gasteiger partial charge in [0, 0.05) is 35.8 Å². The summed E-state index contributed by atoms with van der Waals surface area (Å²) in [5.41, 5.74) is 4.31. The van der Waals surface area contributed by atoms with Gasteiger partial charge in [0.25, 0.3) is 0 Å². The van der Waals surface area contributed by atoms with Crippen LogP contribution in [0.5, 0.6) is 0 Å². The van der Waals surface area contributed by atoms with Crippen molar-refractivity contribution < 1.29 is 4.74 Å². The van der Waals surface area contributed by atoms with Crippen molar-refractivity contribution in [3.05, 3.63) is 23.0 Å². The maximum absolute atomic E-state index is 5.48.